The van der Waals surface area contributed by atoms with Crippen LogP contribution in [0.1, 0.15) is 48.4 Å². The summed E-state index contributed by atoms with van der Waals surface area (Å²) in [4.78, 5) is 28.0. The van der Waals surface area contributed by atoms with Crippen LogP contribution in [0.4, 0.5) is 8.78 Å². The molecule has 0 radical (unpaired) electrons. The number of nitrogens with one attached hydrogen (secondary N) is 1. The number of carbonyl (C=O) groups is 2. The van der Waals surface area contributed by atoms with Crippen LogP contribution >= 0.6 is 11.5 Å². The lowest BCUT2D eigenvalue weighted by atomic mass is 10.0. The number of rotatable bonds is 6. The molecule has 3 aromatic rings. The predicted octanol–water partition coefficient (Wildman–Crippen LogP) is 4.11. The average Bonchev–Trinajstić information content (AvgIpc) is 3.23. The van der Waals surface area contributed by atoms with E-state index in [4.69, 9.17) is 0 Å². The fraction of sp³-hybridized carbons (Fsp3) is 0.273. The summed E-state index contributed by atoms with van der Waals surface area (Å²) in [5, 5.41) is 8.22. The molecule has 1 aromatic heterocycles. The first-order chi connectivity index (χ1) is 14.6. The zero-order valence-electron chi connectivity index (χ0n) is 17.3. The van der Waals surface area contributed by atoms with Gasteiger partial charge >= 0.3 is 0 Å². The molecule has 1 heterocycles. The maximum absolute atomic E-state index is 13.6. The third-order valence-electron chi connectivity index (χ3n) is 4.35. The van der Waals surface area contributed by atoms with E-state index in [9.17, 15) is 18.4 Å². The third-order valence-corrected chi connectivity index (χ3v) is 4.85. The Morgan fingerprint density at radius 1 is 1.03 bits per heavy atom. The molecule has 3 rings (SSSR count). The van der Waals surface area contributed by atoms with E-state index in [1.54, 1.807) is 0 Å². The third kappa shape index (κ3) is 5.91. The van der Waals surface area contributed by atoms with E-state index in [0.717, 1.165) is 11.5 Å². The number of halogens is 2. The maximum Gasteiger partial charge on any atom is 0.276 e. The van der Waals surface area contributed by atoms with Crippen LogP contribution in [-0.4, -0.2) is 31.8 Å². The van der Waals surface area contributed by atoms with Crippen LogP contribution in [0.5, 0.6) is 0 Å². The van der Waals surface area contributed by atoms with Gasteiger partial charge in [-0.05, 0) is 67.7 Å². The minimum Gasteiger partial charge on any atom is -0.349 e. The smallest absolute Gasteiger partial charge is 0.276 e. The minimum atomic E-state index is -1.07. The Kier molecular flexibility index (Phi) is 6.74. The summed E-state index contributed by atoms with van der Waals surface area (Å²) in [5.41, 5.74) is 0.570. The molecule has 2 aromatic carbocycles. The number of benzene rings is 2. The molecule has 0 unspecified atom stereocenters. The number of hydrogen-bond acceptors (Lipinski definition) is 5. The van der Waals surface area contributed by atoms with Crippen LogP contribution < -0.4 is 5.32 Å². The molecular formula is C22H22F2N4O2S. The Balaban J connectivity index is 2.08. The summed E-state index contributed by atoms with van der Waals surface area (Å²) < 4.78 is 30.7. The van der Waals surface area contributed by atoms with Gasteiger partial charge in [-0.15, -0.1) is 5.10 Å². The van der Waals surface area contributed by atoms with E-state index < -0.39 is 35.0 Å². The van der Waals surface area contributed by atoms with Crippen molar-refractivity contribution in [2.45, 2.75) is 38.9 Å². The summed E-state index contributed by atoms with van der Waals surface area (Å²) >= 11 is 1.01. The average molecular weight is 445 g/mol. The number of carbonyl (C=O) groups excluding carboxylic acids is 2. The van der Waals surface area contributed by atoms with Crippen molar-refractivity contribution in [3.63, 3.8) is 0 Å². The summed E-state index contributed by atoms with van der Waals surface area (Å²) in [6, 6.07) is 9.97. The van der Waals surface area contributed by atoms with Crippen LogP contribution in [0.3, 0.4) is 0 Å². The molecule has 2 amide bonds. The van der Waals surface area contributed by atoms with E-state index in [1.807, 2.05) is 20.8 Å². The lowest BCUT2D eigenvalue weighted by Crippen LogP contribution is -2.49. The Morgan fingerprint density at radius 3 is 2.13 bits per heavy atom. The normalized spacial score (nSPS) is 12.3. The molecule has 0 bridgehead atoms. The molecule has 6 nitrogen and oxygen atoms in total. The lowest BCUT2D eigenvalue weighted by molar-refractivity contribution is -0.127. The van der Waals surface area contributed by atoms with Crippen molar-refractivity contribution < 1.29 is 18.4 Å². The number of aromatic nitrogens is 2. The Bertz CT molecular complexity index is 1030. The molecule has 0 aliphatic rings. The van der Waals surface area contributed by atoms with Crippen molar-refractivity contribution in [1.29, 1.82) is 0 Å². The van der Waals surface area contributed by atoms with Crippen molar-refractivity contribution in [3.05, 3.63) is 82.4 Å². The predicted molar refractivity (Wildman–Crippen MR) is 113 cm³/mol. The van der Waals surface area contributed by atoms with Crippen molar-refractivity contribution in [3.8, 4) is 0 Å². The summed E-state index contributed by atoms with van der Waals surface area (Å²) in [7, 11) is 0. The van der Waals surface area contributed by atoms with Gasteiger partial charge in [0.15, 0.2) is 5.69 Å². The van der Waals surface area contributed by atoms with Gasteiger partial charge in [-0.25, -0.2) is 8.78 Å². The van der Waals surface area contributed by atoms with Crippen LogP contribution in [0, 0.1) is 11.6 Å². The van der Waals surface area contributed by atoms with Crippen LogP contribution in [-0.2, 0) is 11.3 Å². The fourth-order valence-corrected chi connectivity index (χ4v) is 3.46. The number of amides is 2. The second-order valence-corrected chi connectivity index (χ2v) is 8.65. The van der Waals surface area contributed by atoms with E-state index in [1.165, 1.54) is 58.8 Å². The van der Waals surface area contributed by atoms with Crippen LogP contribution in [0.25, 0.3) is 0 Å². The van der Waals surface area contributed by atoms with E-state index in [2.05, 4.69) is 14.9 Å². The highest BCUT2D eigenvalue weighted by Gasteiger charge is 2.34. The molecule has 1 N–H and O–H groups in total. The monoisotopic (exact) mass is 444 g/mol. The van der Waals surface area contributed by atoms with Crippen LogP contribution in [0.15, 0.2) is 53.9 Å². The van der Waals surface area contributed by atoms with Gasteiger partial charge in [0.25, 0.3) is 5.91 Å². The molecule has 162 valence electrons. The molecule has 9 heteroatoms. The van der Waals surface area contributed by atoms with Crippen LogP contribution in [0.2, 0.25) is 0 Å². The van der Waals surface area contributed by atoms with E-state index in [0.29, 0.717) is 11.1 Å². The molecule has 1 atom stereocenters. The van der Waals surface area contributed by atoms with Gasteiger partial charge in [-0.2, -0.15) is 0 Å². The minimum absolute atomic E-state index is 0.0102. The number of nitrogens with zero attached hydrogens (tertiary/aromatic N) is 3. The first-order valence-corrected chi connectivity index (χ1v) is 10.4. The SMILES string of the molecule is CC(C)(C)NC(=O)[C@H](c1ccc(F)cc1)N(Cc1ccc(F)cc1)C(=O)c1csnn1. The molecule has 0 saturated heterocycles. The first-order valence-electron chi connectivity index (χ1n) is 9.54. The zero-order chi connectivity index (χ0) is 22.6. The fourth-order valence-electron chi connectivity index (χ4n) is 3.03. The topological polar surface area (TPSA) is 75.2 Å². The summed E-state index contributed by atoms with van der Waals surface area (Å²) in [6.07, 6.45) is 0. The van der Waals surface area contributed by atoms with E-state index >= 15 is 0 Å². The van der Waals surface area contributed by atoms with E-state index in [-0.39, 0.29) is 12.2 Å². The molecule has 0 fully saturated rings. The number of hydrogen-bond donors (Lipinski definition) is 1. The van der Waals surface area contributed by atoms with Gasteiger partial charge in [0.2, 0.25) is 5.91 Å². The molecule has 0 aliphatic heterocycles. The largest absolute Gasteiger partial charge is 0.349 e. The zero-order valence-corrected chi connectivity index (χ0v) is 18.1. The molecular weight excluding hydrogens is 422 g/mol. The Labute approximate surface area is 183 Å². The van der Waals surface area contributed by atoms with Gasteiger partial charge in [0, 0.05) is 17.5 Å². The molecule has 0 saturated carbocycles. The van der Waals surface area contributed by atoms with Gasteiger partial charge in [-0.1, -0.05) is 28.8 Å². The lowest BCUT2D eigenvalue weighted by Gasteiger charge is -2.33. The molecule has 0 aliphatic carbocycles. The first kappa shape index (κ1) is 22.5. The summed E-state index contributed by atoms with van der Waals surface area (Å²) in [5.74, 6) is -1.82. The highest BCUT2D eigenvalue weighted by Crippen LogP contribution is 2.27. The highest BCUT2D eigenvalue weighted by molar-refractivity contribution is 7.03. The van der Waals surface area contributed by atoms with Gasteiger partial charge in [0.1, 0.15) is 17.7 Å². The van der Waals surface area contributed by atoms with Gasteiger partial charge in [-0.3, -0.25) is 9.59 Å². The van der Waals surface area contributed by atoms with Crippen molar-refractivity contribution in [2.75, 3.05) is 0 Å². The molecule has 31 heavy (non-hydrogen) atoms. The van der Waals surface area contributed by atoms with Gasteiger partial charge < -0.3 is 10.2 Å². The standard InChI is InChI=1S/C22H22F2N4O2S/c1-22(2,3)25-20(29)19(15-6-10-17(24)11-7-15)28(21(30)18-13-31-27-26-18)12-14-4-8-16(23)9-5-14/h4-11,13,19H,12H2,1-3H3,(H,25,29)/t19-/m0/s1. The van der Waals surface area contributed by atoms with Crippen molar-refractivity contribution in [1.82, 2.24) is 19.8 Å². The Morgan fingerprint density at radius 2 is 1.61 bits per heavy atom. The summed E-state index contributed by atoms with van der Waals surface area (Å²) in [6.45, 7) is 5.48. The second-order valence-electron chi connectivity index (χ2n) is 8.04. The van der Waals surface area contributed by atoms with Crippen molar-refractivity contribution in [2.24, 2.45) is 0 Å². The maximum atomic E-state index is 13.6. The highest BCUT2D eigenvalue weighted by atomic mass is 32.1. The van der Waals surface area contributed by atoms with Crippen molar-refractivity contribution >= 4 is 23.3 Å². The Hall–Kier alpha value is -3.20. The quantitative estimate of drug-likeness (QED) is 0.621. The second kappa shape index (κ2) is 9.30. The molecule has 0 spiro atoms. The van der Waals surface area contributed by atoms with Gasteiger partial charge in [0.05, 0.1) is 0 Å².